The van der Waals surface area contributed by atoms with Crippen molar-refractivity contribution >= 4 is 11.8 Å². The van der Waals surface area contributed by atoms with Gasteiger partial charge in [-0.25, -0.2) is 0 Å². The molecule has 0 bridgehead atoms. The van der Waals surface area contributed by atoms with Crippen LogP contribution in [0, 0.1) is 11.3 Å². The number of furan rings is 1. The molecule has 1 saturated carbocycles. The van der Waals surface area contributed by atoms with Gasteiger partial charge >= 0.3 is 0 Å². The number of rotatable bonds is 4. The number of piperazine rings is 1. The molecule has 1 aliphatic heterocycles. The number of likely N-dealkylation sites (N-methyl/N-ethyl adjacent to an activating group) is 1. The van der Waals surface area contributed by atoms with Gasteiger partial charge in [0.2, 0.25) is 0 Å². The number of carbonyl (C=O) groups excluding carboxylic acids is 2. The molecule has 3 rings (SSSR count). The average molecular weight is 370 g/mol. The fourth-order valence-electron chi connectivity index (χ4n) is 3.75. The van der Waals surface area contributed by atoms with Crippen molar-refractivity contribution in [3.63, 3.8) is 0 Å². The molecule has 1 aromatic heterocycles. The highest BCUT2D eigenvalue weighted by Crippen LogP contribution is 2.22. The van der Waals surface area contributed by atoms with Gasteiger partial charge in [-0.15, -0.1) is 0 Å². The lowest BCUT2D eigenvalue weighted by atomic mass is 9.94. The van der Waals surface area contributed by atoms with Gasteiger partial charge in [0, 0.05) is 45.5 Å². The molecule has 0 N–H and O–H groups in total. The molecule has 0 spiro atoms. The van der Waals surface area contributed by atoms with Crippen LogP contribution in [-0.4, -0.2) is 65.8 Å². The first-order valence-corrected chi connectivity index (χ1v) is 9.56. The zero-order valence-corrected chi connectivity index (χ0v) is 15.8. The number of hydrogen-bond donors (Lipinski definition) is 0. The molecule has 7 nitrogen and oxygen atoms in total. The molecule has 27 heavy (non-hydrogen) atoms. The Balaban J connectivity index is 1.57. The second kappa shape index (κ2) is 8.76. The summed E-state index contributed by atoms with van der Waals surface area (Å²) in [4.78, 5) is 30.4. The Morgan fingerprint density at radius 1 is 1.22 bits per heavy atom. The molecule has 1 aromatic rings. The summed E-state index contributed by atoms with van der Waals surface area (Å²) in [5, 5.41) is 9.47. The molecule has 144 valence electrons. The van der Waals surface area contributed by atoms with E-state index < -0.39 is 0 Å². The highest BCUT2D eigenvalue weighted by molar-refractivity contribution is 5.97. The van der Waals surface area contributed by atoms with Crippen LogP contribution in [0.15, 0.2) is 34.6 Å². The third-order valence-corrected chi connectivity index (χ3v) is 5.44. The summed E-state index contributed by atoms with van der Waals surface area (Å²) in [5.41, 5.74) is 0.161. The highest BCUT2D eigenvalue weighted by Gasteiger charge is 2.26. The summed E-state index contributed by atoms with van der Waals surface area (Å²) >= 11 is 0. The van der Waals surface area contributed by atoms with E-state index in [2.05, 4.69) is 6.07 Å². The molecule has 0 atom stereocenters. The highest BCUT2D eigenvalue weighted by atomic mass is 16.3. The maximum absolute atomic E-state index is 12.7. The minimum absolute atomic E-state index is 0.128. The Hall–Kier alpha value is -2.75. The quantitative estimate of drug-likeness (QED) is 0.600. The van der Waals surface area contributed by atoms with Gasteiger partial charge in [0.05, 0.1) is 6.26 Å². The van der Waals surface area contributed by atoms with Crippen LogP contribution in [0.25, 0.3) is 0 Å². The van der Waals surface area contributed by atoms with E-state index in [9.17, 15) is 14.9 Å². The van der Waals surface area contributed by atoms with Crippen molar-refractivity contribution in [2.24, 2.45) is 0 Å². The summed E-state index contributed by atoms with van der Waals surface area (Å²) < 4.78 is 5.16. The normalized spacial score (nSPS) is 18.9. The van der Waals surface area contributed by atoms with Gasteiger partial charge in [0.1, 0.15) is 11.6 Å². The van der Waals surface area contributed by atoms with E-state index in [1.54, 1.807) is 35.2 Å². The first-order chi connectivity index (χ1) is 13.1. The van der Waals surface area contributed by atoms with Crippen LogP contribution in [0.4, 0.5) is 0 Å². The molecule has 0 aromatic carbocycles. The van der Waals surface area contributed by atoms with Gasteiger partial charge in [0.15, 0.2) is 5.76 Å². The van der Waals surface area contributed by atoms with Gasteiger partial charge in [-0.2, -0.15) is 5.26 Å². The van der Waals surface area contributed by atoms with Crippen LogP contribution >= 0.6 is 0 Å². The van der Waals surface area contributed by atoms with Crippen LogP contribution in [0.2, 0.25) is 0 Å². The Morgan fingerprint density at radius 3 is 2.52 bits per heavy atom. The smallest absolute Gasteiger partial charge is 0.289 e. The lowest BCUT2D eigenvalue weighted by Crippen LogP contribution is -2.47. The van der Waals surface area contributed by atoms with Gasteiger partial charge in [-0.1, -0.05) is 19.3 Å². The monoisotopic (exact) mass is 370 g/mol. The van der Waals surface area contributed by atoms with E-state index in [1.807, 2.05) is 4.90 Å². The van der Waals surface area contributed by atoms with Crippen molar-refractivity contribution in [1.82, 2.24) is 14.7 Å². The Bertz CT molecular complexity index is 721. The molecular formula is C20H26N4O3. The van der Waals surface area contributed by atoms with Crippen LogP contribution in [-0.2, 0) is 4.79 Å². The minimum atomic E-state index is -0.210. The van der Waals surface area contributed by atoms with E-state index in [4.69, 9.17) is 4.42 Å². The van der Waals surface area contributed by atoms with Crippen LogP contribution in [0.3, 0.4) is 0 Å². The predicted molar refractivity (Wildman–Crippen MR) is 99.5 cm³/mol. The Kier molecular flexibility index (Phi) is 6.17. The van der Waals surface area contributed by atoms with Gasteiger partial charge < -0.3 is 19.1 Å². The van der Waals surface area contributed by atoms with Crippen LogP contribution in [0.5, 0.6) is 0 Å². The van der Waals surface area contributed by atoms with Gasteiger partial charge in [-0.3, -0.25) is 9.59 Å². The molecule has 2 fully saturated rings. The topological polar surface area (TPSA) is 80.8 Å². The van der Waals surface area contributed by atoms with Crippen molar-refractivity contribution in [3.8, 4) is 6.07 Å². The van der Waals surface area contributed by atoms with E-state index in [-0.39, 0.29) is 23.4 Å². The second-order valence-electron chi connectivity index (χ2n) is 7.17. The van der Waals surface area contributed by atoms with Gasteiger partial charge in [-0.05, 0) is 25.0 Å². The molecule has 0 radical (unpaired) electrons. The average Bonchev–Trinajstić information content (AvgIpc) is 3.26. The van der Waals surface area contributed by atoms with E-state index in [1.165, 1.54) is 12.7 Å². The second-order valence-corrected chi connectivity index (χ2v) is 7.17. The number of nitriles is 1. The van der Waals surface area contributed by atoms with E-state index in [0.717, 1.165) is 25.7 Å². The molecule has 0 unspecified atom stereocenters. The minimum Gasteiger partial charge on any atom is -0.459 e. The molecule has 1 aliphatic carbocycles. The maximum atomic E-state index is 12.7. The van der Waals surface area contributed by atoms with Crippen molar-refractivity contribution in [3.05, 3.63) is 35.9 Å². The molecule has 1 saturated heterocycles. The van der Waals surface area contributed by atoms with Crippen molar-refractivity contribution in [1.29, 1.82) is 5.26 Å². The number of nitrogens with zero attached hydrogens (tertiary/aromatic N) is 4. The van der Waals surface area contributed by atoms with E-state index >= 15 is 0 Å². The first kappa shape index (κ1) is 19.0. The molecule has 2 aliphatic rings. The summed E-state index contributed by atoms with van der Waals surface area (Å²) in [6, 6.07) is 5.63. The molecule has 7 heteroatoms. The van der Waals surface area contributed by atoms with Gasteiger partial charge in [0.25, 0.3) is 11.8 Å². The van der Waals surface area contributed by atoms with E-state index in [0.29, 0.717) is 31.9 Å². The Morgan fingerprint density at radius 2 is 1.93 bits per heavy atom. The fourth-order valence-corrected chi connectivity index (χ4v) is 3.75. The maximum Gasteiger partial charge on any atom is 0.289 e. The standard InChI is InChI=1S/C20H26N4O3/c1-22(17-6-3-2-4-7-17)19(25)16(14-21)15-23-9-11-24(12-10-23)20(26)18-8-5-13-27-18/h5,8,13,15,17H,2-4,6-7,9-12H2,1H3/b16-15-. The lowest BCUT2D eigenvalue weighted by Gasteiger charge is -2.34. The Labute approximate surface area is 159 Å². The van der Waals surface area contributed by atoms with Crippen molar-refractivity contribution in [2.75, 3.05) is 33.2 Å². The summed E-state index contributed by atoms with van der Waals surface area (Å²) in [6.45, 7) is 2.22. The third-order valence-electron chi connectivity index (χ3n) is 5.44. The number of hydrogen-bond acceptors (Lipinski definition) is 5. The number of amides is 2. The number of carbonyl (C=O) groups is 2. The lowest BCUT2D eigenvalue weighted by molar-refractivity contribution is -0.128. The summed E-state index contributed by atoms with van der Waals surface area (Å²) in [7, 11) is 1.80. The van der Waals surface area contributed by atoms with Crippen molar-refractivity contribution < 1.29 is 14.0 Å². The molecule has 2 heterocycles. The molecular weight excluding hydrogens is 344 g/mol. The summed E-state index contributed by atoms with van der Waals surface area (Å²) in [6.07, 6.45) is 8.65. The predicted octanol–water partition coefficient (Wildman–Crippen LogP) is 2.24. The van der Waals surface area contributed by atoms with Crippen molar-refractivity contribution in [2.45, 2.75) is 38.1 Å². The SMILES string of the molecule is CN(C(=O)/C(C#N)=C\N1CCN(C(=O)c2ccco2)CC1)C1CCCCC1. The van der Waals surface area contributed by atoms with Crippen LogP contribution < -0.4 is 0 Å². The fraction of sp³-hybridized carbons (Fsp3) is 0.550. The summed E-state index contributed by atoms with van der Waals surface area (Å²) in [5.74, 6) is -0.00303. The zero-order chi connectivity index (χ0) is 19.2. The largest absolute Gasteiger partial charge is 0.459 e. The zero-order valence-electron chi connectivity index (χ0n) is 15.8. The molecule has 2 amide bonds. The first-order valence-electron chi connectivity index (χ1n) is 9.56. The third kappa shape index (κ3) is 4.51. The van der Waals surface area contributed by atoms with Crippen LogP contribution in [0.1, 0.15) is 42.7 Å².